The van der Waals surface area contributed by atoms with Crippen molar-refractivity contribution in [2.45, 2.75) is 38.9 Å². The van der Waals surface area contributed by atoms with E-state index in [1.54, 1.807) is 6.92 Å². The number of hydrogen-bond donors (Lipinski definition) is 0. The zero-order valence-corrected chi connectivity index (χ0v) is 13.1. The van der Waals surface area contributed by atoms with E-state index in [0.717, 1.165) is 11.1 Å². The van der Waals surface area contributed by atoms with Crippen LogP contribution in [0.5, 0.6) is 0 Å². The van der Waals surface area contributed by atoms with Crippen molar-refractivity contribution in [1.82, 2.24) is 0 Å². The molecule has 1 atom stereocenters. The molecule has 1 rings (SSSR count). The molecule has 0 saturated heterocycles. The zero-order chi connectivity index (χ0) is 13.7. The predicted molar refractivity (Wildman–Crippen MR) is 75.1 cm³/mol. The Morgan fingerprint density at radius 2 is 1.72 bits per heavy atom. The van der Waals surface area contributed by atoms with E-state index in [1.807, 2.05) is 31.2 Å². The third kappa shape index (κ3) is 4.75. The first kappa shape index (κ1) is 15.1. The van der Waals surface area contributed by atoms with E-state index < -0.39 is 0 Å². The van der Waals surface area contributed by atoms with Crippen LogP contribution in [0.3, 0.4) is 0 Å². The average molecular weight is 311 g/mol. The average Bonchev–Trinajstić information content (AvgIpc) is 2.28. The summed E-state index contributed by atoms with van der Waals surface area (Å²) in [6.07, 6.45) is 0.523. The number of aryl methyl sites for hydroxylation is 1. The van der Waals surface area contributed by atoms with Crippen LogP contribution in [0.4, 0.5) is 0 Å². The molecule has 0 saturated carbocycles. The van der Waals surface area contributed by atoms with E-state index in [-0.39, 0.29) is 30.2 Å². The van der Waals surface area contributed by atoms with Crippen LogP contribution >= 0.6 is 0 Å². The second kappa shape index (κ2) is 6.86. The van der Waals surface area contributed by atoms with Gasteiger partial charge in [-0.1, -0.05) is 0 Å². The van der Waals surface area contributed by atoms with Gasteiger partial charge in [0.1, 0.15) is 0 Å². The molecule has 98 valence electrons. The van der Waals surface area contributed by atoms with Gasteiger partial charge in [0.25, 0.3) is 0 Å². The van der Waals surface area contributed by atoms with Crippen molar-refractivity contribution in [2.75, 3.05) is 0 Å². The van der Waals surface area contributed by atoms with Gasteiger partial charge in [0.15, 0.2) is 0 Å². The van der Waals surface area contributed by atoms with Crippen molar-refractivity contribution < 1.29 is 9.59 Å². The van der Waals surface area contributed by atoms with Crippen LogP contribution in [0.2, 0.25) is 4.82 Å². The Morgan fingerprint density at radius 1 is 1.17 bits per heavy atom. The van der Waals surface area contributed by atoms with Crippen molar-refractivity contribution in [2.24, 2.45) is 5.92 Å². The van der Waals surface area contributed by atoms with Crippen LogP contribution in [0.1, 0.15) is 43.1 Å². The van der Waals surface area contributed by atoms with Gasteiger partial charge >= 0.3 is 115 Å². The molecule has 0 spiro atoms. The van der Waals surface area contributed by atoms with Gasteiger partial charge in [-0.3, -0.25) is 0 Å². The third-order valence-electron chi connectivity index (χ3n) is 2.78. The quantitative estimate of drug-likeness (QED) is 0.756. The Balaban J connectivity index is 2.72. The summed E-state index contributed by atoms with van der Waals surface area (Å²) < 4.78 is 0.197. The van der Waals surface area contributed by atoms with E-state index in [0.29, 0.717) is 12.3 Å². The number of carbonyl (C=O) groups is 2. The molecular formula is C15H20O2Se. The van der Waals surface area contributed by atoms with E-state index in [2.05, 4.69) is 13.8 Å². The predicted octanol–water partition coefficient (Wildman–Crippen LogP) is 3.26. The van der Waals surface area contributed by atoms with Gasteiger partial charge in [-0.2, -0.15) is 0 Å². The van der Waals surface area contributed by atoms with Crippen molar-refractivity contribution in [1.29, 1.82) is 0 Å². The molecule has 0 radical (unpaired) electrons. The standard InChI is InChI=1S/C15H20O2Se/c1-10(2)14(9-12(4)16)18-15(17)13-7-5-11(3)6-8-13/h5-8,10,14H,9H2,1-4H3. The molecule has 0 bridgehead atoms. The molecule has 0 aliphatic carbocycles. The van der Waals surface area contributed by atoms with Crippen molar-refractivity contribution in [3.63, 3.8) is 0 Å². The molecule has 0 aromatic heterocycles. The van der Waals surface area contributed by atoms with Gasteiger partial charge in [0, 0.05) is 0 Å². The number of rotatable bonds is 6. The molecular weight excluding hydrogens is 291 g/mol. The van der Waals surface area contributed by atoms with Gasteiger partial charge in [-0.15, -0.1) is 0 Å². The number of carbonyl (C=O) groups excluding carboxylic acids is 2. The molecule has 0 heterocycles. The first-order chi connectivity index (χ1) is 8.40. The molecule has 1 aromatic carbocycles. The molecule has 2 nitrogen and oxygen atoms in total. The van der Waals surface area contributed by atoms with E-state index in [4.69, 9.17) is 0 Å². The third-order valence-corrected chi connectivity index (χ3v) is 5.85. The van der Waals surface area contributed by atoms with Crippen LogP contribution in [-0.4, -0.2) is 25.4 Å². The van der Waals surface area contributed by atoms with Crippen molar-refractivity contribution in [3.05, 3.63) is 35.4 Å². The zero-order valence-electron chi connectivity index (χ0n) is 11.4. The van der Waals surface area contributed by atoms with Crippen LogP contribution in [-0.2, 0) is 4.79 Å². The molecule has 0 fully saturated rings. The van der Waals surface area contributed by atoms with Crippen molar-refractivity contribution >= 4 is 25.4 Å². The molecule has 0 N–H and O–H groups in total. The minimum atomic E-state index is -0.158. The summed E-state index contributed by atoms with van der Waals surface area (Å²) in [5.74, 6) is 0.551. The maximum absolute atomic E-state index is 12.2. The first-order valence-corrected chi connectivity index (χ1v) is 8.01. The Bertz CT molecular complexity index is 421. The molecule has 0 aliphatic rings. The Hall–Kier alpha value is -0.921. The number of Topliss-reactive ketones (excluding diaryl/α,β-unsaturated/α-hetero) is 1. The second-order valence-corrected chi connectivity index (χ2v) is 7.50. The van der Waals surface area contributed by atoms with Gasteiger partial charge in [0.2, 0.25) is 0 Å². The summed E-state index contributed by atoms with van der Waals surface area (Å²) in [6, 6.07) is 7.67. The first-order valence-electron chi connectivity index (χ1n) is 6.17. The van der Waals surface area contributed by atoms with Crippen LogP contribution in [0, 0.1) is 12.8 Å². The normalized spacial score (nSPS) is 12.5. The summed E-state index contributed by atoms with van der Waals surface area (Å²) in [7, 11) is 0. The van der Waals surface area contributed by atoms with Crippen molar-refractivity contribution in [3.8, 4) is 0 Å². The number of benzene rings is 1. The van der Waals surface area contributed by atoms with Gasteiger partial charge in [-0.25, -0.2) is 0 Å². The van der Waals surface area contributed by atoms with E-state index >= 15 is 0 Å². The van der Waals surface area contributed by atoms with Gasteiger partial charge < -0.3 is 0 Å². The fourth-order valence-corrected chi connectivity index (χ4v) is 3.98. The molecule has 3 heteroatoms. The van der Waals surface area contributed by atoms with E-state index in [1.165, 1.54) is 0 Å². The summed E-state index contributed by atoms with van der Waals surface area (Å²) >= 11 is -0.158. The monoisotopic (exact) mass is 312 g/mol. The van der Waals surface area contributed by atoms with Crippen LogP contribution in [0.15, 0.2) is 24.3 Å². The molecule has 0 amide bonds. The summed E-state index contributed by atoms with van der Waals surface area (Å²) in [5.41, 5.74) is 1.93. The summed E-state index contributed by atoms with van der Waals surface area (Å²) in [4.78, 5) is 23.6. The van der Waals surface area contributed by atoms with Crippen LogP contribution in [0.25, 0.3) is 0 Å². The summed E-state index contributed by atoms with van der Waals surface area (Å²) in [6.45, 7) is 7.77. The number of ketones is 1. The Kier molecular flexibility index (Phi) is 5.77. The molecule has 1 aromatic rings. The minimum absolute atomic E-state index is 0.158. The number of hydrogen-bond acceptors (Lipinski definition) is 2. The summed E-state index contributed by atoms with van der Waals surface area (Å²) in [5, 5.41) is 0. The fourth-order valence-electron chi connectivity index (χ4n) is 1.59. The molecule has 0 aliphatic heterocycles. The SMILES string of the molecule is CC(=O)CC([Se]C(=O)c1ccc(C)cc1)C(C)C. The molecule has 18 heavy (non-hydrogen) atoms. The van der Waals surface area contributed by atoms with E-state index in [9.17, 15) is 9.59 Å². The second-order valence-electron chi connectivity index (χ2n) is 4.96. The Labute approximate surface area is 115 Å². The molecule has 1 unspecified atom stereocenters. The van der Waals surface area contributed by atoms with Gasteiger partial charge in [-0.05, 0) is 0 Å². The maximum atomic E-state index is 12.2. The topological polar surface area (TPSA) is 34.1 Å². The fraction of sp³-hybridized carbons (Fsp3) is 0.467. The van der Waals surface area contributed by atoms with Gasteiger partial charge in [0.05, 0.1) is 0 Å². The van der Waals surface area contributed by atoms with Crippen LogP contribution < -0.4 is 0 Å². The Morgan fingerprint density at radius 3 is 2.17 bits per heavy atom.